The molecular formula is C31H32O6. The zero-order chi connectivity index (χ0) is 26.6. The number of allylic oxidation sites excluding steroid dienone is 2. The van der Waals surface area contributed by atoms with Crippen molar-refractivity contribution >= 4 is 17.3 Å². The third-order valence-electron chi connectivity index (χ3n) is 8.62. The van der Waals surface area contributed by atoms with Crippen LogP contribution in [0.15, 0.2) is 58.9 Å². The highest BCUT2D eigenvalue weighted by molar-refractivity contribution is 6.25. The molecule has 3 N–H and O–H groups in total. The van der Waals surface area contributed by atoms with Crippen LogP contribution in [-0.2, 0) is 35.3 Å². The van der Waals surface area contributed by atoms with E-state index >= 15 is 0 Å². The molecule has 0 saturated heterocycles. The quantitative estimate of drug-likeness (QED) is 0.520. The van der Waals surface area contributed by atoms with Crippen molar-refractivity contribution in [2.75, 3.05) is 0 Å². The number of aliphatic hydroxyl groups is 2. The average Bonchev–Trinajstić information content (AvgIpc) is 2.86. The van der Waals surface area contributed by atoms with Crippen molar-refractivity contribution in [3.05, 3.63) is 86.7 Å². The number of aromatic hydroxyl groups is 1. The number of carbonyl (C=O) groups is 3. The molecule has 3 aliphatic rings. The third-order valence-corrected chi connectivity index (χ3v) is 8.62. The van der Waals surface area contributed by atoms with E-state index in [1.54, 1.807) is 13.0 Å². The van der Waals surface area contributed by atoms with Gasteiger partial charge in [-0.2, -0.15) is 0 Å². The number of rotatable bonds is 5. The van der Waals surface area contributed by atoms with Gasteiger partial charge in [0.2, 0.25) is 5.78 Å². The van der Waals surface area contributed by atoms with Crippen LogP contribution in [0.3, 0.4) is 0 Å². The molecule has 2 aromatic rings. The first-order valence-corrected chi connectivity index (χ1v) is 13.0. The van der Waals surface area contributed by atoms with E-state index in [1.165, 1.54) is 18.1 Å². The van der Waals surface area contributed by atoms with Crippen LogP contribution in [0.25, 0.3) is 0 Å². The van der Waals surface area contributed by atoms with Crippen molar-refractivity contribution < 1.29 is 29.7 Å². The first kappa shape index (κ1) is 25.2. The summed E-state index contributed by atoms with van der Waals surface area (Å²) in [5.74, 6) is -3.13. The molecule has 3 atom stereocenters. The normalized spacial score (nSPS) is 25.1. The highest BCUT2D eigenvalue weighted by Gasteiger charge is 2.57. The van der Waals surface area contributed by atoms with Crippen LogP contribution >= 0.6 is 0 Å². The lowest BCUT2D eigenvalue weighted by atomic mass is 9.57. The van der Waals surface area contributed by atoms with Crippen LogP contribution in [0, 0.1) is 11.8 Å². The molecule has 0 spiro atoms. The van der Waals surface area contributed by atoms with E-state index in [0.717, 1.165) is 24.0 Å². The summed E-state index contributed by atoms with van der Waals surface area (Å²) >= 11 is 0. The van der Waals surface area contributed by atoms with Crippen LogP contribution in [-0.4, -0.2) is 38.3 Å². The van der Waals surface area contributed by atoms with Gasteiger partial charge in [0.05, 0.1) is 5.56 Å². The summed E-state index contributed by atoms with van der Waals surface area (Å²) in [5.41, 5.74) is 2.67. The zero-order valence-corrected chi connectivity index (χ0v) is 21.4. The Labute approximate surface area is 216 Å². The number of carbonyl (C=O) groups excluding carboxylic acids is 3. The predicted molar refractivity (Wildman–Crippen MR) is 139 cm³/mol. The van der Waals surface area contributed by atoms with Gasteiger partial charge in [-0.1, -0.05) is 37.3 Å². The van der Waals surface area contributed by atoms with Crippen molar-refractivity contribution in [1.29, 1.82) is 0 Å². The van der Waals surface area contributed by atoms with Gasteiger partial charge in [0.25, 0.3) is 0 Å². The van der Waals surface area contributed by atoms with Crippen molar-refractivity contribution in [3.8, 4) is 5.75 Å². The lowest BCUT2D eigenvalue weighted by Crippen LogP contribution is -2.56. The molecule has 0 radical (unpaired) electrons. The third kappa shape index (κ3) is 3.86. The highest BCUT2D eigenvalue weighted by Crippen LogP contribution is 2.52. The van der Waals surface area contributed by atoms with Crippen molar-refractivity contribution in [2.24, 2.45) is 11.8 Å². The van der Waals surface area contributed by atoms with Crippen LogP contribution in [0.5, 0.6) is 5.75 Å². The van der Waals surface area contributed by atoms with Crippen molar-refractivity contribution in [1.82, 2.24) is 0 Å². The van der Waals surface area contributed by atoms with Gasteiger partial charge in [-0.25, -0.2) is 0 Å². The molecule has 37 heavy (non-hydrogen) atoms. The van der Waals surface area contributed by atoms with Gasteiger partial charge in [0.1, 0.15) is 17.1 Å². The first-order chi connectivity index (χ1) is 17.6. The summed E-state index contributed by atoms with van der Waals surface area (Å²) in [7, 11) is 0. The molecule has 0 aliphatic heterocycles. The number of hydrogen-bond donors (Lipinski definition) is 3. The molecule has 2 aromatic carbocycles. The second kappa shape index (κ2) is 9.10. The summed E-state index contributed by atoms with van der Waals surface area (Å²) in [6.45, 7) is 4.87. The van der Waals surface area contributed by atoms with Crippen LogP contribution in [0.2, 0.25) is 0 Å². The Balaban J connectivity index is 1.53. The molecule has 3 aliphatic carbocycles. The summed E-state index contributed by atoms with van der Waals surface area (Å²) in [5, 5.41) is 32.8. The van der Waals surface area contributed by atoms with Gasteiger partial charge in [-0.15, -0.1) is 0 Å². The molecule has 0 heterocycles. The number of aryl methyl sites for hydroxylation is 3. The van der Waals surface area contributed by atoms with E-state index < -0.39 is 28.7 Å². The minimum atomic E-state index is -2.02. The Morgan fingerprint density at radius 2 is 1.68 bits per heavy atom. The fourth-order valence-corrected chi connectivity index (χ4v) is 6.60. The van der Waals surface area contributed by atoms with Crippen LogP contribution < -0.4 is 0 Å². The lowest BCUT2D eigenvalue weighted by molar-refractivity contribution is -0.140. The molecule has 0 aromatic heterocycles. The maximum Gasteiger partial charge on any atom is 0.205 e. The average molecular weight is 501 g/mol. The Morgan fingerprint density at radius 1 is 1.00 bits per heavy atom. The standard InChI is InChI=1S/C31H32O6/c1-4-18-5-7-19(8-6-18)9-10-20-11-12-24(33)28-23(20)14-21-13-22-15-25(34)27(17(3)32)30(36)31(22,37)16(2)26(21)29(28)35/h5-8,11-12,21-22,33-34,37H,4,9-10,13-15H2,1-3H3/t21-,22+,31-/m1/s1. The second-order valence-electron chi connectivity index (χ2n) is 10.6. The minimum absolute atomic E-state index is 0.0000267. The number of phenols is 1. The number of aliphatic hydroxyl groups excluding tert-OH is 1. The van der Waals surface area contributed by atoms with E-state index in [0.29, 0.717) is 24.8 Å². The van der Waals surface area contributed by atoms with Gasteiger partial charge in [-0.3, -0.25) is 14.4 Å². The van der Waals surface area contributed by atoms with Gasteiger partial charge in [0.15, 0.2) is 17.2 Å². The molecule has 0 bridgehead atoms. The Hall–Kier alpha value is -3.51. The molecule has 0 fully saturated rings. The van der Waals surface area contributed by atoms with E-state index in [1.807, 2.05) is 6.07 Å². The van der Waals surface area contributed by atoms with Crippen LogP contribution in [0.1, 0.15) is 66.2 Å². The van der Waals surface area contributed by atoms with Gasteiger partial charge < -0.3 is 15.3 Å². The Morgan fingerprint density at radius 3 is 2.32 bits per heavy atom. The van der Waals surface area contributed by atoms with E-state index in [9.17, 15) is 29.7 Å². The maximum atomic E-state index is 13.8. The smallest absolute Gasteiger partial charge is 0.205 e. The molecule has 0 amide bonds. The fraction of sp³-hybridized carbons (Fsp3) is 0.387. The van der Waals surface area contributed by atoms with Crippen LogP contribution in [0.4, 0.5) is 0 Å². The summed E-state index contributed by atoms with van der Waals surface area (Å²) in [6, 6.07) is 11.9. The monoisotopic (exact) mass is 500 g/mol. The minimum Gasteiger partial charge on any atom is -0.511 e. The van der Waals surface area contributed by atoms with Gasteiger partial charge in [-0.05, 0) is 85.8 Å². The number of hydrogen-bond acceptors (Lipinski definition) is 6. The van der Waals surface area contributed by atoms with Gasteiger partial charge >= 0.3 is 0 Å². The van der Waals surface area contributed by atoms with E-state index in [-0.39, 0.29) is 40.8 Å². The summed E-state index contributed by atoms with van der Waals surface area (Å²) in [4.78, 5) is 39.1. The Kier molecular flexibility index (Phi) is 6.19. The zero-order valence-electron chi connectivity index (χ0n) is 21.4. The maximum absolute atomic E-state index is 13.8. The van der Waals surface area contributed by atoms with Crippen molar-refractivity contribution in [2.45, 2.75) is 64.9 Å². The van der Waals surface area contributed by atoms with E-state index in [4.69, 9.17) is 0 Å². The molecule has 192 valence electrons. The predicted octanol–water partition coefficient (Wildman–Crippen LogP) is 4.54. The number of ketones is 3. The summed E-state index contributed by atoms with van der Waals surface area (Å²) in [6.07, 6.45) is 3.31. The molecule has 6 heteroatoms. The van der Waals surface area contributed by atoms with Crippen molar-refractivity contribution in [3.63, 3.8) is 0 Å². The fourth-order valence-electron chi connectivity index (χ4n) is 6.60. The number of phenolic OH excluding ortho intramolecular Hbond substituents is 1. The van der Waals surface area contributed by atoms with Gasteiger partial charge in [0, 0.05) is 17.9 Å². The van der Waals surface area contributed by atoms with E-state index in [2.05, 4.69) is 31.2 Å². The molecule has 0 saturated carbocycles. The highest BCUT2D eigenvalue weighted by atomic mass is 16.3. The Bertz CT molecular complexity index is 1390. The number of fused-ring (bicyclic) bond motifs is 3. The second-order valence-corrected chi connectivity index (χ2v) is 10.6. The number of benzene rings is 2. The molecule has 0 unspecified atom stereocenters. The SMILES string of the molecule is CCc1ccc(CCc2ccc(O)c3c2C[C@H]2C[C@H]4CC(O)=C(C(C)=O)C(=O)[C@@]4(O)C(C)=C2C3=O)cc1. The topological polar surface area (TPSA) is 112 Å². The number of Topliss-reactive ketones (excluding diaryl/α,β-unsaturated/α-hetero) is 3. The first-order valence-electron chi connectivity index (χ1n) is 13.0. The lowest BCUT2D eigenvalue weighted by Gasteiger charge is -2.47. The molecule has 6 nitrogen and oxygen atoms in total. The molecular weight excluding hydrogens is 468 g/mol. The summed E-state index contributed by atoms with van der Waals surface area (Å²) < 4.78 is 0. The molecule has 5 rings (SSSR count). The largest absolute Gasteiger partial charge is 0.511 e.